The minimum atomic E-state index is -1.02. The summed E-state index contributed by atoms with van der Waals surface area (Å²) in [5.74, 6) is 0.666. The van der Waals surface area contributed by atoms with Gasteiger partial charge in [-0.05, 0) is 29.8 Å². The molecule has 0 spiro atoms. The van der Waals surface area contributed by atoms with Gasteiger partial charge >= 0.3 is 0 Å². The van der Waals surface area contributed by atoms with Crippen LogP contribution in [0.25, 0.3) is 22.1 Å². The summed E-state index contributed by atoms with van der Waals surface area (Å²) in [6.45, 7) is 1.84. The van der Waals surface area contributed by atoms with E-state index in [1.54, 1.807) is 6.20 Å². The molecule has 0 amide bonds. The summed E-state index contributed by atoms with van der Waals surface area (Å²) >= 11 is 0. The van der Waals surface area contributed by atoms with Crippen molar-refractivity contribution in [3.05, 3.63) is 66.2 Å². The van der Waals surface area contributed by atoms with Crippen LogP contribution in [0, 0.1) is 0 Å². The van der Waals surface area contributed by atoms with E-state index in [1.165, 1.54) is 0 Å². The molecule has 0 radical (unpaired) electrons. The van der Waals surface area contributed by atoms with Crippen molar-refractivity contribution in [1.29, 1.82) is 0 Å². The molecule has 6 nitrogen and oxygen atoms in total. The van der Waals surface area contributed by atoms with Gasteiger partial charge in [-0.2, -0.15) is 0 Å². The van der Waals surface area contributed by atoms with Gasteiger partial charge in [0.1, 0.15) is 24.7 Å². The fourth-order valence-electron chi connectivity index (χ4n) is 3.78. The number of hydrogen-bond acceptors (Lipinski definition) is 5. The first kappa shape index (κ1) is 17.2. The van der Waals surface area contributed by atoms with E-state index in [-0.39, 0.29) is 6.61 Å². The van der Waals surface area contributed by atoms with Crippen LogP contribution in [0.2, 0.25) is 0 Å². The fourth-order valence-corrected chi connectivity index (χ4v) is 3.78. The molecule has 1 N–H and O–H groups in total. The highest BCUT2D eigenvalue weighted by molar-refractivity contribution is 5.81. The standard InChI is InChI=1S/C21H20FN5O/c22-16-11-27(10-14-7-9-23-17-5-2-1-4-15(14)17)12-19(16)28-13-20-25-18-6-3-8-24-21(18)26-20/h1-9,16,19H,10-13H2,(H,24,25,26)/t16-,19+/m1/s1. The largest absolute Gasteiger partial charge is 0.366 e. The summed E-state index contributed by atoms with van der Waals surface area (Å²) in [4.78, 5) is 18.2. The van der Waals surface area contributed by atoms with Crippen molar-refractivity contribution in [1.82, 2.24) is 24.8 Å². The molecule has 1 aliphatic heterocycles. The number of nitrogens with one attached hydrogen (secondary N) is 1. The minimum absolute atomic E-state index is 0.244. The fraction of sp³-hybridized carbons (Fsp3) is 0.286. The number of fused-ring (bicyclic) bond motifs is 2. The summed E-state index contributed by atoms with van der Waals surface area (Å²) in [5, 5.41) is 1.11. The highest BCUT2D eigenvalue weighted by Gasteiger charge is 2.34. The Balaban J connectivity index is 1.24. The molecule has 0 aliphatic carbocycles. The third kappa shape index (κ3) is 3.34. The molecule has 4 heterocycles. The van der Waals surface area contributed by atoms with Gasteiger partial charge in [0.05, 0.1) is 11.0 Å². The lowest BCUT2D eigenvalue weighted by atomic mass is 10.1. The molecule has 1 aromatic carbocycles. The van der Waals surface area contributed by atoms with Crippen LogP contribution in [0.3, 0.4) is 0 Å². The van der Waals surface area contributed by atoms with Gasteiger partial charge in [-0.1, -0.05) is 18.2 Å². The second kappa shape index (κ2) is 7.26. The van der Waals surface area contributed by atoms with Crippen LogP contribution in [0.1, 0.15) is 11.4 Å². The Kier molecular flexibility index (Phi) is 4.46. The van der Waals surface area contributed by atoms with E-state index in [1.807, 2.05) is 42.6 Å². The number of nitrogens with zero attached hydrogens (tertiary/aromatic N) is 4. The van der Waals surface area contributed by atoms with Crippen LogP contribution >= 0.6 is 0 Å². The lowest BCUT2D eigenvalue weighted by molar-refractivity contribution is 0.00864. The number of imidazole rings is 1. The van der Waals surface area contributed by atoms with Crippen LogP contribution in [0.4, 0.5) is 4.39 Å². The summed E-state index contributed by atoms with van der Waals surface area (Å²) in [6.07, 6.45) is 2.03. The SMILES string of the molecule is F[C@@H]1CN(Cc2ccnc3ccccc23)C[C@@H]1OCc1nc2ncccc2[nH]1. The Labute approximate surface area is 161 Å². The normalized spacial score (nSPS) is 20.3. The monoisotopic (exact) mass is 377 g/mol. The Bertz CT molecular complexity index is 1080. The second-order valence-corrected chi connectivity index (χ2v) is 7.10. The molecule has 0 saturated carbocycles. The Morgan fingerprint density at radius 2 is 2.00 bits per heavy atom. The number of aromatic amines is 1. The molecule has 1 fully saturated rings. The van der Waals surface area contributed by atoms with Crippen LogP contribution < -0.4 is 0 Å². The van der Waals surface area contributed by atoms with E-state index in [4.69, 9.17) is 4.74 Å². The number of halogens is 1. The number of rotatable bonds is 5. The smallest absolute Gasteiger partial charge is 0.177 e. The molecule has 1 aliphatic rings. The zero-order valence-corrected chi connectivity index (χ0v) is 15.3. The average molecular weight is 377 g/mol. The van der Waals surface area contributed by atoms with Crippen LogP contribution in [0.15, 0.2) is 54.9 Å². The molecular weight excluding hydrogens is 357 g/mol. The molecule has 1 saturated heterocycles. The van der Waals surface area contributed by atoms with Gasteiger partial charge in [0.25, 0.3) is 0 Å². The van der Waals surface area contributed by atoms with Gasteiger partial charge in [0.15, 0.2) is 5.65 Å². The molecule has 0 bridgehead atoms. The lowest BCUT2D eigenvalue weighted by Gasteiger charge is -2.16. The number of likely N-dealkylation sites (tertiary alicyclic amines) is 1. The van der Waals surface area contributed by atoms with E-state index in [0.717, 1.165) is 22.0 Å². The Morgan fingerprint density at radius 3 is 2.93 bits per heavy atom. The molecule has 2 atom stereocenters. The number of H-pyrrole nitrogens is 1. The number of ether oxygens (including phenoxy) is 1. The number of para-hydroxylation sites is 1. The quantitative estimate of drug-likeness (QED) is 0.578. The van der Waals surface area contributed by atoms with Gasteiger partial charge in [-0.15, -0.1) is 0 Å². The van der Waals surface area contributed by atoms with E-state index in [0.29, 0.717) is 31.1 Å². The van der Waals surface area contributed by atoms with Gasteiger partial charge in [-0.3, -0.25) is 9.88 Å². The third-order valence-corrected chi connectivity index (χ3v) is 5.15. The Hall–Kier alpha value is -2.90. The molecular formula is C21H20FN5O. The first-order chi connectivity index (χ1) is 13.8. The average Bonchev–Trinajstić information content (AvgIpc) is 3.29. The lowest BCUT2D eigenvalue weighted by Crippen LogP contribution is -2.24. The molecule has 4 aromatic rings. The van der Waals surface area contributed by atoms with Gasteiger partial charge < -0.3 is 9.72 Å². The van der Waals surface area contributed by atoms with Crippen molar-refractivity contribution in [3.63, 3.8) is 0 Å². The van der Waals surface area contributed by atoms with Crippen molar-refractivity contribution in [2.45, 2.75) is 25.4 Å². The molecule has 3 aromatic heterocycles. The van der Waals surface area contributed by atoms with E-state index in [2.05, 4.69) is 30.9 Å². The highest BCUT2D eigenvalue weighted by Crippen LogP contribution is 2.23. The first-order valence-corrected chi connectivity index (χ1v) is 9.36. The first-order valence-electron chi connectivity index (χ1n) is 9.36. The predicted octanol–water partition coefficient (Wildman–Crippen LogP) is 3.25. The van der Waals surface area contributed by atoms with Gasteiger partial charge in [0.2, 0.25) is 0 Å². The summed E-state index contributed by atoms with van der Waals surface area (Å²) in [7, 11) is 0. The van der Waals surface area contributed by atoms with Gasteiger partial charge in [0, 0.05) is 37.4 Å². The number of alkyl halides is 1. The maximum atomic E-state index is 14.5. The maximum Gasteiger partial charge on any atom is 0.177 e. The van der Waals surface area contributed by atoms with Crippen molar-refractivity contribution >= 4 is 22.1 Å². The molecule has 5 rings (SSSR count). The van der Waals surface area contributed by atoms with Crippen molar-refractivity contribution in [2.24, 2.45) is 0 Å². The maximum absolute atomic E-state index is 14.5. The number of benzene rings is 1. The third-order valence-electron chi connectivity index (χ3n) is 5.15. The van der Waals surface area contributed by atoms with Crippen LogP contribution in [-0.2, 0) is 17.9 Å². The topological polar surface area (TPSA) is 66.9 Å². The molecule has 28 heavy (non-hydrogen) atoms. The predicted molar refractivity (Wildman–Crippen MR) is 104 cm³/mol. The summed E-state index contributed by atoms with van der Waals surface area (Å²) < 4.78 is 20.4. The van der Waals surface area contributed by atoms with Crippen molar-refractivity contribution in [2.75, 3.05) is 13.1 Å². The van der Waals surface area contributed by atoms with Crippen LogP contribution in [0.5, 0.6) is 0 Å². The zero-order valence-electron chi connectivity index (χ0n) is 15.3. The van der Waals surface area contributed by atoms with Crippen molar-refractivity contribution < 1.29 is 9.13 Å². The van der Waals surface area contributed by atoms with E-state index in [9.17, 15) is 4.39 Å². The van der Waals surface area contributed by atoms with Crippen LogP contribution in [-0.4, -0.2) is 50.2 Å². The molecule has 142 valence electrons. The van der Waals surface area contributed by atoms with Crippen molar-refractivity contribution in [3.8, 4) is 0 Å². The van der Waals surface area contributed by atoms with Gasteiger partial charge in [-0.25, -0.2) is 14.4 Å². The Morgan fingerprint density at radius 1 is 1.07 bits per heavy atom. The van der Waals surface area contributed by atoms with E-state index >= 15 is 0 Å². The highest BCUT2D eigenvalue weighted by atomic mass is 19.1. The molecule has 0 unspecified atom stereocenters. The summed E-state index contributed by atoms with van der Waals surface area (Å²) in [6, 6.07) is 13.8. The number of aromatic nitrogens is 4. The molecule has 7 heteroatoms. The summed E-state index contributed by atoms with van der Waals surface area (Å²) in [5.41, 5.74) is 3.62. The minimum Gasteiger partial charge on any atom is -0.366 e. The van der Waals surface area contributed by atoms with E-state index < -0.39 is 12.3 Å². The zero-order chi connectivity index (χ0) is 18.9. The number of pyridine rings is 2. The second-order valence-electron chi connectivity index (χ2n) is 7.10. The number of hydrogen-bond donors (Lipinski definition) is 1.